The van der Waals surface area contributed by atoms with Crippen LogP contribution >= 0.6 is 11.6 Å². The van der Waals surface area contributed by atoms with Gasteiger partial charge in [0.15, 0.2) is 0 Å². The second-order valence-corrected chi connectivity index (χ2v) is 5.59. The van der Waals surface area contributed by atoms with Crippen LogP contribution in [0.2, 0.25) is 5.02 Å². The standard InChI is InChI=1S/C15H17ClN4O/c1-9-7-19-14(8-18-9)13(20-17)6-11-5-12(16)4-10-2-3-21-15(10)11/h4-5,7-8,13,20H,2-3,6,17H2,1H3. The minimum Gasteiger partial charge on any atom is -0.493 e. The molecule has 1 atom stereocenters. The third kappa shape index (κ3) is 3.00. The zero-order valence-corrected chi connectivity index (χ0v) is 12.5. The van der Waals surface area contributed by atoms with E-state index in [-0.39, 0.29) is 6.04 Å². The summed E-state index contributed by atoms with van der Waals surface area (Å²) < 4.78 is 5.72. The van der Waals surface area contributed by atoms with E-state index in [0.717, 1.165) is 39.7 Å². The van der Waals surface area contributed by atoms with Crippen LogP contribution in [0.25, 0.3) is 0 Å². The van der Waals surface area contributed by atoms with Crippen LogP contribution < -0.4 is 16.0 Å². The fourth-order valence-electron chi connectivity index (χ4n) is 2.55. The molecule has 21 heavy (non-hydrogen) atoms. The summed E-state index contributed by atoms with van der Waals surface area (Å²) in [6.45, 7) is 2.60. The van der Waals surface area contributed by atoms with Gasteiger partial charge in [0.25, 0.3) is 0 Å². The van der Waals surface area contributed by atoms with E-state index < -0.39 is 0 Å². The van der Waals surface area contributed by atoms with Crippen LogP contribution in [0.15, 0.2) is 24.5 Å². The Morgan fingerprint density at radius 1 is 1.38 bits per heavy atom. The van der Waals surface area contributed by atoms with Crippen LogP contribution in [0.1, 0.15) is 28.6 Å². The average molecular weight is 305 g/mol. The van der Waals surface area contributed by atoms with Crippen LogP contribution in [-0.4, -0.2) is 16.6 Å². The molecular formula is C15H17ClN4O. The molecule has 6 heteroatoms. The number of nitrogens with one attached hydrogen (secondary N) is 1. The molecule has 1 aliphatic heterocycles. The van der Waals surface area contributed by atoms with Crippen molar-refractivity contribution in [3.63, 3.8) is 0 Å². The van der Waals surface area contributed by atoms with Gasteiger partial charge in [0, 0.05) is 17.6 Å². The maximum absolute atomic E-state index is 6.19. The van der Waals surface area contributed by atoms with E-state index in [4.69, 9.17) is 22.2 Å². The zero-order valence-electron chi connectivity index (χ0n) is 11.8. The number of fused-ring (bicyclic) bond motifs is 1. The molecule has 3 rings (SSSR count). The Kier molecular flexibility index (Phi) is 4.05. The Hall–Kier alpha value is -1.69. The lowest BCUT2D eigenvalue weighted by Gasteiger charge is -2.17. The molecule has 2 aromatic rings. The SMILES string of the molecule is Cc1cnc(C(Cc2cc(Cl)cc3c2OCC3)NN)cn1. The number of aryl methyl sites for hydroxylation is 1. The Bertz CT molecular complexity index is 645. The Morgan fingerprint density at radius 2 is 2.24 bits per heavy atom. The molecule has 0 amide bonds. The summed E-state index contributed by atoms with van der Waals surface area (Å²) in [5, 5.41) is 0.722. The van der Waals surface area contributed by atoms with Crippen LogP contribution in [0.5, 0.6) is 5.75 Å². The van der Waals surface area contributed by atoms with Crippen molar-refractivity contribution in [2.45, 2.75) is 25.8 Å². The second kappa shape index (κ2) is 5.97. The van der Waals surface area contributed by atoms with Crippen molar-refractivity contribution in [2.24, 2.45) is 5.84 Å². The van der Waals surface area contributed by atoms with Gasteiger partial charge < -0.3 is 4.74 Å². The van der Waals surface area contributed by atoms with E-state index in [1.807, 2.05) is 19.1 Å². The largest absolute Gasteiger partial charge is 0.493 e. The highest BCUT2D eigenvalue weighted by molar-refractivity contribution is 6.30. The van der Waals surface area contributed by atoms with E-state index in [2.05, 4.69) is 15.4 Å². The maximum atomic E-state index is 6.19. The molecule has 0 saturated carbocycles. The van der Waals surface area contributed by atoms with E-state index in [1.54, 1.807) is 12.4 Å². The highest BCUT2D eigenvalue weighted by atomic mass is 35.5. The lowest BCUT2D eigenvalue weighted by atomic mass is 10.00. The van der Waals surface area contributed by atoms with Gasteiger partial charge in [-0.25, -0.2) is 0 Å². The molecule has 1 unspecified atom stereocenters. The van der Waals surface area contributed by atoms with Crippen molar-refractivity contribution in [2.75, 3.05) is 6.61 Å². The van der Waals surface area contributed by atoms with Gasteiger partial charge in [0.1, 0.15) is 5.75 Å². The summed E-state index contributed by atoms with van der Waals surface area (Å²) in [7, 11) is 0. The molecule has 3 N–H and O–H groups in total. The Balaban J connectivity index is 1.89. The van der Waals surface area contributed by atoms with Gasteiger partial charge in [0.05, 0.1) is 30.2 Å². The van der Waals surface area contributed by atoms with Gasteiger partial charge in [-0.2, -0.15) is 0 Å². The maximum Gasteiger partial charge on any atom is 0.125 e. The number of hydrogen-bond donors (Lipinski definition) is 2. The van der Waals surface area contributed by atoms with Crippen LogP contribution in [-0.2, 0) is 12.8 Å². The molecule has 0 aliphatic carbocycles. The Morgan fingerprint density at radius 3 is 2.95 bits per heavy atom. The van der Waals surface area contributed by atoms with Gasteiger partial charge in [-0.05, 0) is 36.6 Å². The number of ether oxygens (including phenoxy) is 1. The zero-order chi connectivity index (χ0) is 14.8. The lowest BCUT2D eigenvalue weighted by molar-refractivity contribution is 0.351. The number of aromatic nitrogens is 2. The fourth-order valence-corrected chi connectivity index (χ4v) is 2.81. The number of nitrogens with zero attached hydrogens (tertiary/aromatic N) is 2. The summed E-state index contributed by atoms with van der Waals surface area (Å²) in [4.78, 5) is 8.65. The number of halogens is 1. The molecule has 1 aliphatic rings. The van der Waals surface area contributed by atoms with Gasteiger partial charge in [-0.3, -0.25) is 21.2 Å². The van der Waals surface area contributed by atoms with E-state index in [9.17, 15) is 0 Å². The third-order valence-electron chi connectivity index (χ3n) is 3.61. The van der Waals surface area contributed by atoms with Crippen molar-refractivity contribution in [3.8, 4) is 5.75 Å². The molecule has 1 aromatic carbocycles. The van der Waals surface area contributed by atoms with Gasteiger partial charge in [-0.1, -0.05) is 11.6 Å². The Labute approximate surface area is 128 Å². The van der Waals surface area contributed by atoms with E-state index >= 15 is 0 Å². The molecule has 0 bridgehead atoms. The molecule has 1 aromatic heterocycles. The van der Waals surface area contributed by atoms with Crippen molar-refractivity contribution in [1.82, 2.24) is 15.4 Å². The summed E-state index contributed by atoms with van der Waals surface area (Å²) in [5.41, 5.74) is 6.67. The quantitative estimate of drug-likeness (QED) is 0.668. The number of nitrogens with two attached hydrogens (primary N) is 1. The van der Waals surface area contributed by atoms with Crippen LogP contribution in [0.3, 0.4) is 0 Å². The smallest absolute Gasteiger partial charge is 0.125 e. The fraction of sp³-hybridized carbons (Fsp3) is 0.333. The first kappa shape index (κ1) is 14.3. The molecular weight excluding hydrogens is 288 g/mol. The average Bonchev–Trinajstić information content (AvgIpc) is 2.94. The first-order valence-electron chi connectivity index (χ1n) is 6.86. The van der Waals surface area contributed by atoms with Gasteiger partial charge >= 0.3 is 0 Å². The predicted molar refractivity (Wildman–Crippen MR) is 81.2 cm³/mol. The molecule has 110 valence electrons. The first-order chi connectivity index (χ1) is 10.2. The first-order valence-corrected chi connectivity index (χ1v) is 7.24. The highest BCUT2D eigenvalue weighted by Crippen LogP contribution is 2.34. The van der Waals surface area contributed by atoms with Crippen molar-refractivity contribution in [1.29, 1.82) is 0 Å². The monoisotopic (exact) mass is 304 g/mol. The summed E-state index contributed by atoms with van der Waals surface area (Å²) >= 11 is 6.19. The predicted octanol–water partition coefficient (Wildman–Crippen LogP) is 2.12. The summed E-state index contributed by atoms with van der Waals surface area (Å²) in [6, 6.07) is 3.76. The number of hydrogen-bond acceptors (Lipinski definition) is 5. The second-order valence-electron chi connectivity index (χ2n) is 5.16. The molecule has 0 saturated heterocycles. The molecule has 5 nitrogen and oxygen atoms in total. The summed E-state index contributed by atoms with van der Waals surface area (Å²) in [6.07, 6.45) is 5.02. The van der Waals surface area contributed by atoms with Crippen molar-refractivity contribution in [3.05, 3.63) is 52.1 Å². The van der Waals surface area contributed by atoms with E-state index in [1.165, 1.54) is 0 Å². The number of benzene rings is 1. The van der Waals surface area contributed by atoms with E-state index in [0.29, 0.717) is 13.0 Å². The normalized spacial score (nSPS) is 14.6. The number of rotatable bonds is 4. The molecule has 0 radical (unpaired) electrons. The minimum atomic E-state index is -0.134. The topological polar surface area (TPSA) is 73.1 Å². The summed E-state index contributed by atoms with van der Waals surface area (Å²) in [5.74, 6) is 6.61. The van der Waals surface area contributed by atoms with Crippen LogP contribution in [0.4, 0.5) is 0 Å². The lowest BCUT2D eigenvalue weighted by Crippen LogP contribution is -2.30. The van der Waals surface area contributed by atoms with Crippen molar-refractivity contribution < 1.29 is 4.74 Å². The third-order valence-corrected chi connectivity index (χ3v) is 3.83. The number of hydrazine groups is 1. The highest BCUT2D eigenvalue weighted by Gasteiger charge is 2.21. The molecule has 2 heterocycles. The van der Waals surface area contributed by atoms with Gasteiger partial charge in [-0.15, -0.1) is 0 Å². The van der Waals surface area contributed by atoms with Crippen LogP contribution in [0, 0.1) is 6.92 Å². The molecule has 0 fully saturated rings. The van der Waals surface area contributed by atoms with Gasteiger partial charge in [0.2, 0.25) is 0 Å². The minimum absolute atomic E-state index is 0.134. The van der Waals surface area contributed by atoms with Crippen molar-refractivity contribution >= 4 is 11.6 Å². The molecule has 0 spiro atoms.